The zero-order chi connectivity index (χ0) is 14.7. The Hall–Kier alpha value is -2.48. The molecule has 0 aromatic carbocycles. The number of H-pyrrole nitrogens is 1. The molecular formula is C13H13N5O2S. The highest BCUT2D eigenvalue weighted by atomic mass is 32.1. The molecule has 1 amide bonds. The van der Waals surface area contributed by atoms with Crippen molar-refractivity contribution in [2.24, 2.45) is 0 Å². The van der Waals surface area contributed by atoms with Gasteiger partial charge in [0.15, 0.2) is 5.82 Å². The predicted molar refractivity (Wildman–Crippen MR) is 77.9 cm³/mol. The smallest absolute Gasteiger partial charge is 0.248 e. The summed E-state index contributed by atoms with van der Waals surface area (Å²) in [6.45, 7) is 1.87. The number of aromatic amines is 1. The van der Waals surface area contributed by atoms with E-state index in [-0.39, 0.29) is 12.3 Å². The van der Waals surface area contributed by atoms with Crippen LogP contribution >= 0.6 is 11.3 Å². The lowest BCUT2D eigenvalue weighted by atomic mass is 10.3. The summed E-state index contributed by atoms with van der Waals surface area (Å²) in [7, 11) is 0. The summed E-state index contributed by atoms with van der Waals surface area (Å²) < 4.78 is 5.52. The molecule has 8 heteroatoms. The topological polar surface area (TPSA) is 96.7 Å². The van der Waals surface area contributed by atoms with Gasteiger partial charge in [-0.2, -0.15) is 16.4 Å². The van der Waals surface area contributed by atoms with Gasteiger partial charge in [-0.05, 0) is 18.4 Å². The molecule has 2 N–H and O–H groups in total. The molecule has 108 valence electrons. The summed E-state index contributed by atoms with van der Waals surface area (Å²) in [5, 5.41) is 21.2. The maximum absolute atomic E-state index is 11.8. The van der Waals surface area contributed by atoms with Crippen molar-refractivity contribution < 1.29 is 9.21 Å². The van der Waals surface area contributed by atoms with Gasteiger partial charge in [0.1, 0.15) is 0 Å². The van der Waals surface area contributed by atoms with Gasteiger partial charge in [-0.15, -0.1) is 10.2 Å². The van der Waals surface area contributed by atoms with Crippen LogP contribution in [-0.2, 0) is 11.2 Å². The lowest BCUT2D eigenvalue weighted by molar-refractivity contribution is -0.116. The zero-order valence-electron chi connectivity index (χ0n) is 11.3. The van der Waals surface area contributed by atoms with Crippen LogP contribution < -0.4 is 5.32 Å². The minimum atomic E-state index is -0.142. The number of thiophene rings is 1. The number of aryl methyl sites for hydroxylation is 2. The molecular weight excluding hydrogens is 290 g/mol. The fraction of sp³-hybridized carbons (Fsp3) is 0.231. The average Bonchev–Trinajstić information content (AvgIpc) is 3.17. The molecule has 0 aliphatic carbocycles. The fourth-order valence-electron chi connectivity index (χ4n) is 1.77. The van der Waals surface area contributed by atoms with Crippen LogP contribution in [0.25, 0.3) is 11.5 Å². The summed E-state index contributed by atoms with van der Waals surface area (Å²) in [6, 6.07) is 3.67. The molecule has 21 heavy (non-hydrogen) atoms. The third-order valence-corrected chi connectivity index (χ3v) is 3.46. The molecule has 0 radical (unpaired) electrons. The lowest BCUT2D eigenvalue weighted by Gasteiger charge is -1.98. The molecule has 0 bridgehead atoms. The Labute approximate surface area is 124 Å². The van der Waals surface area contributed by atoms with Crippen molar-refractivity contribution in [1.82, 2.24) is 20.4 Å². The number of nitrogens with one attached hydrogen (secondary N) is 2. The van der Waals surface area contributed by atoms with Crippen LogP contribution in [0.1, 0.15) is 18.0 Å². The van der Waals surface area contributed by atoms with Crippen LogP contribution in [0.4, 0.5) is 5.82 Å². The van der Waals surface area contributed by atoms with Crippen LogP contribution in [0.5, 0.6) is 0 Å². The molecule has 3 aromatic heterocycles. The van der Waals surface area contributed by atoms with Gasteiger partial charge in [-0.25, -0.2) is 0 Å². The highest BCUT2D eigenvalue weighted by molar-refractivity contribution is 7.08. The number of amides is 1. The Bertz CT molecular complexity index is 731. The molecule has 0 saturated carbocycles. The second kappa shape index (κ2) is 5.88. The Morgan fingerprint density at radius 1 is 1.48 bits per heavy atom. The van der Waals surface area contributed by atoms with E-state index in [0.29, 0.717) is 24.0 Å². The van der Waals surface area contributed by atoms with E-state index < -0.39 is 0 Å². The maximum Gasteiger partial charge on any atom is 0.248 e. The molecule has 3 heterocycles. The quantitative estimate of drug-likeness (QED) is 0.754. The minimum Gasteiger partial charge on any atom is -0.421 e. The van der Waals surface area contributed by atoms with Crippen molar-refractivity contribution >= 4 is 23.1 Å². The summed E-state index contributed by atoms with van der Waals surface area (Å²) in [6.07, 6.45) is 0.656. The molecule has 0 saturated heterocycles. The lowest BCUT2D eigenvalue weighted by Crippen LogP contribution is -2.12. The third-order valence-electron chi connectivity index (χ3n) is 2.77. The number of rotatable bonds is 5. The largest absolute Gasteiger partial charge is 0.421 e. The van der Waals surface area contributed by atoms with E-state index in [1.54, 1.807) is 17.4 Å². The number of nitrogens with zero attached hydrogens (tertiary/aromatic N) is 3. The van der Waals surface area contributed by atoms with Gasteiger partial charge in [0.05, 0.1) is 0 Å². The Balaban J connectivity index is 1.54. The summed E-state index contributed by atoms with van der Waals surface area (Å²) in [4.78, 5) is 11.8. The van der Waals surface area contributed by atoms with E-state index in [1.165, 1.54) is 0 Å². The van der Waals surface area contributed by atoms with E-state index in [1.807, 2.05) is 23.8 Å². The van der Waals surface area contributed by atoms with Crippen molar-refractivity contribution in [3.63, 3.8) is 0 Å². The van der Waals surface area contributed by atoms with E-state index in [2.05, 4.69) is 25.7 Å². The SMILES string of the molecule is Cc1cc(NC(=O)CCc2nnc(-c3ccsc3)o2)n[nH]1. The van der Waals surface area contributed by atoms with Gasteiger partial charge in [-0.1, -0.05) is 0 Å². The molecule has 0 aliphatic rings. The summed E-state index contributed by atoms with van der Waals surface area (Å²) >= 11 is 1.56. The van der Waals surface area contributed by atoms with Crippen LogP contribution in [0, 0.1) is 6.92 Å². The molecule has 0 unspecified atom stereocenters. The zero-order valence-corrected chi connectivity index (χ0v) is 12.1. The van der Waals surface area contributed by atoms with Crippen molar-refractivity contribution in [2.75, 3.05) is 5.32 Å². The highest BCUT2D eigenvalue weighted by Gasteiger charge is 2.11. The van der Waals surface area contributed by atoms with Crippen LogP contribution in [0.3, 0.4) is 0 Å². The van der Waals surface area contributed by atoms with Gasteiger partial charge >= 0.3 is 0 Å². The second-order valence-electron chi connectivity index (χ2n) is 4.50. The molecule has 0 spiro atoms. The van der Waals surface area contributed by atoms with E-state index >= 15 is 0 Å². The van der Waals surface area contributed by atoms with E-state index in [4.69, 9.17) is 4.42 Å². The van der Waals surface area contributed by atoms with Crippen LogP contribution in [0.2, 0.25) is 0 Å². The first-order chi connectivity index (χ1) is 10.2. The number of aromatic nitrogens is 4. The normalized spacial score (nSPS) is 10.7. The van der Waals surface area contributed by atoms with E-state index in [0.717, 1.165) is 11.3 Å². The highest BCUT2D eigenvalue weighted by Crippen LogP contribution is 2.20. The second-order valence-corrected chi connectivity index (χ2v) is 5.28. The molecule has 3 aromatic rings. The van der Waals surface area contributed by atoms with Crippen molar-refractivity contribution in [2.45, 2.75) is 19.8 Å². The van der Waals surface area contributed by atoms with Gasteiger partial charge in [-0.3, -0.25) is 9.89 Å². The molecule has 0 atom stereocenters. The minimum absolute atomic E-state index is 0.142. The Morgan fingerprint density at radius 2 is 2.38 bits per heavy atom. The first-order valence-corrected chi connectivity index (χ1v) is 7.32. The molecule has 7 nitrogen and oxygen atoms in total. The van der Waals surface area contributed by atoms with Crippen molar-refractivity contribution in [1.29, 1.82) is 0 Å². The standard InChI is InChI=1S/C13H13N5O2S/c1-8-6-10(16-15-8)14-11(19)2-3-12-17-18-13(20-12)9-4-5-21-7-9/h4-7H,2-3H2,1H3,(H2,14,15,16,19). The summed E-state index contributed by atoms with van der Waals surface area (Å²) in [5.41, 5.74) is 1.79. The first-order valence-electron chi connectivity index (χ1n) is 6.37. The Kier molecular flexibility index (Phi) is 3.78. The van der Waals surface area contributed by atoms with Gasteiger partial charge in [0.2, 0.25) is 17.7 Å². The average molecular weight is 303 g/mol. The summed E-state index contributed by atoms with van der Waals surface area (Å²) in [5.74, 6) is 1.30. The number of hydrogen-bond donors (Lipinski definition) is 2. The number of carbonyl (C=O) groups excluding carboxylic acids is 1. The predicted octanol–water partition coefficient (Wildman–Crippen LogP) is 2.40. The van der Waals surface area contributed by atoms with Gasteiger partial charge in [0, 0.05) is 35.5 Å². The maximum atomic E-state index is 11.8. The van der Waals surface area contributed by atoms with Gasteiger partial charge in [0.25, 0.3) is 0 Å². The number of carbonyl (C=O) groups is 1. The Morgan fingerprint density at radius 3 is 3.10 bits per heavy atom. The molecule has 3 rings (SSSR count). The fourth-order valence-corrected chi connectivity index (χ4v) is 2.40. The number of hydrogen-bond acceptors (Lipinski definition) is 6. The monoisotopic (exact) mass is 303 g/mol. The van der Waals surface area contributed by atoms with E-state index in [9.17, 15) is 4.79 Å². The van der Waals surface area contributed by atoms with Crippen LogP contribution in [-0.4, -0.2) is 26.3 Å². The van der Waals surface area contributed by atoms with Crippen molar-refractivity contribution in [3.05, 3.63) is 34.5 Å². The van der Waals surface area contributed by atoms with Crippen molar-refractivity contribution in [3.8, 4) is 11.5 Å². The van der Waals surface area contributed by atoms with Gasteiger partial charge < -0.3 is 9.73 Å². The third kappa shape index (κ3) is 3.34. The first kappa shape index (κ1) is 13.5. The number of anilines is 1. The van der Waals surface area contributed by atoms with Crippen LogP contribution in [0.15, 0.2) is 27.3 Å². The molecule has 0 aliphatic heterocycles. The molecule has 0 fully saturated rings.